The fraction of sp³-hybridized carbons (Fsp3) is 0.481. The number of carbonyl (C=O) groups is 4. The molecule has 1 N–H and O–H groups in total. The first kappa shape index (κ1) is 74.8. The van der Waals surface area contributed by atoms with E-state index in [4.69, 9.17) is 35.4 Å². The van der Waals surface area contributed by atoms with Crippen LogP contribution in [0, 0.1) is 0 Å². The number of aromatic hydroxyl groups is 1. The van der Waals surface area contributed by atoms with Gasteiger partial charge in [-0.2, -0.15) is 0 Å². The van der Waals surface area contributed by atoms with Crippen LogP contribution in [0.25, 0.3) is 6.08 Å². The lowest BCUT2D eigenvalue weighted by atomic mass is 9.97. The predicted octanol–water partition coefficient (Wildman–Crippen LogP) is 13.8. The van der Waals surface area contributed by atoms with Gasteiger partial charge in [-0.1, -0.05) is 88.0 Å². The molecule has 2 atom stereocenters. The molecule has 3 aromatic rings. The van der Waals surface area contributed by atoms with Gasteiger partial charge in [0.25, 0.3) is 0 Å². The van der Waals surface area contributed by atoms with Gasteiger partial charge in [-0.3, -0.25) is 4.79 Å². The zero-order valence-electron chi connectivity index (χ0n) is 41.9. The van der Waals surface area contributed by atoms with E-state index in [0.717, 1.165) is 18.8 Å². The molecule has 3 rings (SSSR count). The van der Waals surface area contributed by atoms with Crippen molar-refractivity contribution in [2.45, 2.75) is 138 Å². The van der Waals surface area contributed by atoms with Crippen molar-refractivity contribution in [3.63, 3.8) is 0 Å². The molecular weight excluding hydrogens is 1010 g/mol. The number of esters is 3. The smallest absolute Gasteiger partial charge is 0.348 e. The number of carbonyl (C=O) groups excluding carboxylic acids is 4. The second-order valence-corrected chi connectivity index (χ2v) is 38.0. The Kier molecular flexibility index (Phi) is 32.7. The summed E-state index contributed by atoms with van der Waals surface area (Å²) in [6.07, 6.45) is 1.41. The number of nitrogens with zero attached hydrogens (tertiary/aromatic N) is 1. The lowest BCUT2D eigenvalue weighted by molar-refractivity contribution is -0.146. The molecule has 0 radical (unpaired) electrons. The van der Waals surface area contributed by atoms with Crippen LogP contribution in [-0.2, 0) is 40.3 Å². The number of benzene rings is 3. The summed E-state index contributed by atoms with van der Waals surface area (Å²) >= 11 is 0. The minimum absolute atomic E-state index is 0. The summed E-state index contributed by atoms with van der Waals surface area (Å²) in [5.41, 5.74) is 1.32. The molecule has 0 fully saturated rings. The van der Waals surface area contributed by atoms with Crippen LogP contribution in [0.3, 0.4) is 0 Å². The van der Waals surface area contributed by atoms with Crippen molar-refractivity contribution >= 4 is 77.8 Å². The monoisotopic (exact) mass is 1110 g/mol. The first-order valence-corrected chi connectivity index (χ1v) is 36.7. The van der Waals surface area contributed by atoms with Crippen LogP contribution >= 0.6 is 0 Å². The lowest BCUT2D eigenvalue weighted by Gasteiger charge is -2.44. The molecule has 3 aromatic carbocycles. The van der Waals surface area contributed by atoms with Crippen molar-refractivity contribution in [3.05, 3.63) is 118 Å². The van der Waals surface area contributed by atoms with E-state index < -0.39 is 66.0 Å². The van der Waals surface area contributed by atoms with Gasteiger partial charge in [0.15, 0.2) is 22.4 Å². The Labute approximate surface area is 447 Å². The molecule has 0 aromatic heterocycles. The molecule has 0 aliphatic rings. The molecule has 73 heavy (non-hydrogen) atoms. The number of hydrogen-bond donors (Lipinski definition) is 1. The molecular formula is C54H95NO13Si5. The van der Waals surface area contributed by atoms with Crippen LogP contribution in [0.2, 0.25) is 65.5 Å². The van der Waals surface area contributed by atoms with Gasteiger partial charge in [0, 0.05) is 40.8 Å². The second-order valence-electron chi connectivity index (χ2n) is 18.3. The summed E-state index contributed by atoms with van der Waals surface area (Å²) in [7, 11) is -14.6. The molecule has 0 aliphatic carbocycles. The normalized spacial score (nSPS) is 12.5. The number of ketones is 1. The first-order valence-electron chi connectivity index (χ1n) is 22.5. The molecule has 0 aliphatic heterocycles. The van der Waals surface area contributed by atoms with Gasteiger partial charge in [0.05, 0.1) is 24.3 Å². The Morgan fingerprint density at radius 1 is 0.575 bits per heavy atom. The molecule has 414 valence electrons. The average Bonchev–Trinajstić information content (AvgIpc) is 3.22. The van der Waals surface area contributed by atoms with Gasteiger partial charge < -0.3 is 45.4 Å². The third kappa shape index (κ3) is 22.3. The summed E-state index contributed by atoms with van der Waals surface area (Å²) < 4.78 is 49.9. The molecule has 0 bridgehead atoms. The zero-order chi connectivity index (χ0) is 50.5. The Morgan fingerprint density at radius 3 is 1.45 bits per heavy atom. The number of hydrogen-bond acceptors (Lipinski definition) is 14. The number of anilines is 1. The highest BCUT2D eigenvalue weighted by molar-refractivity contribution is 6.94. The van der Waals surface area contributed by atoms with Crippen LogP contribution in [0.5, 0.6) is 11.5 Å². The number of rotatable bonds is 26. The molecule has 0 heterocycles. The Hall–Kier alpha value is -4.72. The first-order chi connectivity index (χ1) is 31.1. The lowest BCUT2D eigenvalue weighted by Crippen LogP contribution is -2.61. The Morgan fingerprint density at radius 2 is 1.03 bits per heavy atom. The second kappa shape index (κ2) is 31.9. The molecule has 0 spiro atoms. The van der Waals surface area contributed by atoms with Gasteiger partial charge in [0.2, 0.25) is 0 Å². The fourth-order valence-corrected chi connectivity index (χ4v) is 28.5. The number of ether oxygens (including phenoxy) is 4. The van der Waals surface area contributed by atoms with E-state index >= 15 is 0 Å². The minimum Gasteiger partial charge on any atom is -0.507 e. The van der Waals surface area contributed by atoms with Crippen molar-refractivity contribution in [1.29, 1.82) is 0 Å². The fourth-order valence-electron chi connectivity index (χ4n) is 7.07. The maximum Gasteiger partial charge on any atom is 0.348 e. The minimum atomic E-state index is -3.44. The third-order valence-electron chi connectivity index (χ3n) is 9.89. The van der Waals surface area contributed by atoms with E-state index in [0.29, 0.717) is 21.7 Å². The van der Waals surface area contributed by atoms with Crippen LogP contribution in [0.4, 0.5) is 5.69 Å². The molecule has 14 nitrogen and oxygen atoms in total. The molecule has 2 unspecified atom stereocenters. The van der Waals surface area contributed by atoms with Crippen LogP contribution in [-0.4, -0.2) is 111 Å². The third-order valence-corrected chi connectivity index (χ3v) is 27.8. The van der Waals surface area contributed by atoms with Gasteiger partial charge in [-0.05, 0) is 135 Å². The van der Waals surface area contributed by atoms with Crippen molar-refractivity contribution in [1.82, 2.24) is 0 Å². The average molecular weight is 1110 g/mol. The highest BCUT2D eigenvalue weighted by Crippen LogP contribution is 2.33. The van der Waals surface area contributed by atoms with Crippen LogP contribution < -0.4 is 9.64 Å². The Bertz CT molecular complexity index is 2270. The molecule has 0 saturated heterocycles. The zero-order valence-corrected chi connectivity index (χ0v) is 46.9. The summed E-state index contributed by atoms with van der Waals surface area (Å²) in [6, 6.07) is 18.1. The number of phenols is 1. The van der Waals surface area contributed by atoms with E-state index in [2.05, 4.69) is 37.7 Å². The van der Waals surface area contributed by atoms with E-state index in [-0.39, 0.29) is 99.0 Å². The van der Waals surface area contributed by atoms with E-state index in [1.807, 2.05) is 59.7 Å². The molecule has 0 amide bonds. The largest absolute Gasteiger partial charge is 0.507 e. The summed E-state index contributed by atoms with van der Waals surface area (Å²) in [5.74, 6) is -2.49. The predicted molar refractivity (Wildman–Crippen MR) is 315 cm³/mol. The van der Waals surface area contributed by atoms with Crippen molar-refractivity contribution in [2.24, 2.45) is 0 Å². The van der Waals surface area contributed by atoms with Crippen molar-refractivity contribution in [3.8, 4) is 11.5 Å². The van der Waals surface area contributed by atoms with E-state index in [9.17, 15) is 24.3 Å². The highest BCUT2D eigenvalue weighted by atomic mass is 28.5. The van der Waals surface area contributed by atoms with Crippen LogP contribution in [0.15, 0.2) is 95.9 Å². The molecule has 19 heteroatoms. The Balaban J connectivity index is -0.00000397. The van der Waals surface area contributed by atoms with E-state index in [1.54, 1.807) is 68.4 Å². The maximum atomic E-state index is 13.8. The summed E-state index contributed by atoms with van der Waals surface area (Å²) in [5, 5.41) is 12.0. The maximum absolute atomic E-state index is 13.8. The van der Waals surface area contributed by atoms with Gasteiger partial charge in [-0.15, -0.1) is 0 Å². The molecule has 0 saturated carbocycles. The SMILES string of the molecule is C.C.C.C.C.C.C=C(COC(=O)c1ccccc1C(=O)c1ccc(N(CC)CC)cc1O)[Si](C)(O[Si](C)(C)C)O[Si](C)(C)O[Si](C)(O[Si](C)(C)C)C(=C)COc1ccc(C=C(C(=O)OCC)C(=O)OCC)cc1. The summed E-state index contributed by atoms with van der Waals surface area (Å²) in [4.78, 5) is 54.6. The summed E-state index contributed by atoms with van der Waals surface area (Å²) in [6.45, 7) is 37.5. The highest BCUT2D eigenvalue weighted by Gasteiger charge is 2.51. The quantitative estimate of drug-likeness (QED) is 0.0153. The van der Waals surface area contributed by atoms with E-state index in [1.165, 1.54) is 18.2 Å². The van der Waals surface area contributed by atoms with Gasteiger partial charge in [0.1, 0.15) is 30.3 Å². The topological polar surface area (TPSA) is 166 Å². The number of phenolic OH excluding ortho intramolecular Hbond substituents is 1. The van der Waals surface area contributed by atoms with Gasteiger partial charge >= 0.3 is 43.6 Å². The van der Waals surface area contributed by atoms with Crippen molar-refractivity contribution in [2.75, 3.05) is 44.4 Å². The van der Waals surface area contributed by atoms with Crippen molar-refractivity contribution < 1.29 is 59.7 Å². The van der Waals surface area contributed by atoms with Gasteiger partial charge in [-0.25, -0.2) is 14.4 Å². The van der Waals surface area contributed by atoms with Crippen LogP contribution in [0.1, 0.15) is 104 Å². The standard InChI is InChI=1S/C48H71NO13Si5.6CH4/c1-17-49(18-2)38-27-30-42(44(50)32-38)45(51)40-23-21-22-24-41(40)46(52)58-34-36(6)67(16,60-64(10,11)12)62-65(13,14)61-66(15,59-63(7,8)9)35(5)33-57-39-28-25-37(26-29-39)31-43(47(53)55-19-3)48(54)56-20-4;;;;;;/h21-32,50H,5-6,17-20,33-34H2,1-4,7-16H3;6*1H4.